The predicted octanol–water partition coefficient (Wildman–Crippen LogP) is 7.52. The Morgan fingerprint density at radius 1 is 0.919 bits per heavy atom. The Kier molecular flexibility index (Phi) is 12.3. The molecule has 0 aliphatic heterocycles. The van der Waals surface area contributed by atoms with Gasteiger partial charge in [0.05, 0.1) is 0 Å². The van der Waals surface area contributed by atoms with E-state index in [4.69, 9.17) is 9.53 Å². The van der Waals surface area contributed by atoms with Gasteiger partial charge in [0.15, 0.2) is 5.78 Å². The van der Waals surface area contributed by atoms with Crippen molar-refractivity contribution in [2.75, 3.05) is 7.05 Å². The molecule has 0 aliphatic rings. The highest BCUT2D eigenvalue weighted by Gasteiger charge is 2.15. The molecule has 0 saturated heterocycles. The van der Waals surface area contributed by atoms with Gasteiger partial charge in [-0.2, -0.15) is 0 Å². The van der Waals surface area contributed by atoms with Crippen LogP contribution in [0.2, 0.25) is 0 Å². The summed E-state index contributed by atoms with van der Waals surface area (Å²) in [5.74, 6) is 0.812. The van der Waals surface area contributed by atoms with Gasteiger partial charge in [0.2, 0.25) is 0 Å². The number of ketones is 1. The van der Waals surface area contributed by atoms with Crippen molar-refractivity contribution in [2.45, 2.75) is 65.9 Å². The summed E-state index contributed by atoms with van der Waals surface area (Å²) < 4.78 is 6.48. The van der Waals surface area contributed by atoms with Gasteiger partial charge in [0, 0.05) is 18.2 Å². The fourth-order valence-corrected chi connectivity index (χ4v) is 4.13. The van der Waals surface area contributed by atoms with E-state index in [1.165, 1.54) is 26.2 Å². The van der Waals surface area contributed by atoms with Crippen molar-refractivity contribution >= 4 is 18.0 Å². The Labute approximate surface area is 221 Å². The van der Waals surface area contributed by atoms with Gasteiger partial charge in [0.25, 0.3) is 5.91 Å². The summed E-state index contributed by atoms with van der Waals surface area (Å²) in [6.07, 6.45) is 6.29. The summed E-state index contributed by atoms with van der Waals surface area (Å²) >= 11 is 0. The minimum atomic E-state index is -0.0884. The van der Waals surface area contributed by atoms with Crippen LogP contribution in [0.1, 0.15) is 90.8 Å². The quantitative estimate of drug-likeness (QED) is 0.168. The van der Waals surface area contributed by atoms with Crippen LogP contribution >= 0.6 is 0 Å². The molecule has 0 aliphatic carbocycles. The van der Waals surface area contributed by atoms with Crippen LogP contribution in [0.4, 0.5) is 0 Å². The molecule has 1 unspecified atom stereocenters. The minimum Gasteiger partial charge on any atom is -0.486 e. The molecule has 3 aromatic carbocycles. The van der Waals surface area contributed by atoms with Crippen LogP contribution in [0, 0.1) is 6.92 Å². The standard InChI is InChI=1S/C30H35NO3.C2H4O/c1-5-6-7-8-9-29(25-14-16-26(17-15-25)30(33)31-4)34-27-18-19-28(21(2)20-27)24-12-10-23(11-13-24)22(3)32;1-2-3/h10-20,29H,5-9H2,1-4H3,(H,31,33);2H,1H3. The zero-order valence-corrected chi connectivity index (χ0v) is 22.7. The second-order valence-corrected chi connectivity index (χ2v) is 9.00. The lowest BCUT2D eigenvalue weighted by Crippen LogP contribution is -2.17. The van der Waals surface area contributed by atoms with Gasteiger partial charge in [0.1, 0.15) is 18.1 Å². The van der Waals surface area contributed by atoms with Crippen LogP contribution in [-0.2, 0) is 4.79 Å². The number of amides is 1. The molecule has 0 radical (unpaired) electrons. The molecule has 5 heteroatoms. The van der Waals surface area contributed by atoms with E-state index in [-0.39, 0.29) is 17.8 Å². The maximum Gasteiger partial charge on any atom is 0.251 e. The molecule has 5 nitrogen and oxygen atoms in total. The highest BCUT2D eigenvalue weighted by atomic mass is 16.5. The largest absolute Gasteiger partial charge is 0.486 e. The van der Waals surface area contributed by atoms with Gasteiger partial charge in [-0.15, -0.1) is 0 Å². The number of carbonyl (C=O) groups is 3. The topological polar surface area (TPSA) is 72.5 Å². The zero-order chi connectivity index (χ0) is 27.2. The average Bonchev–Trinajstić information content (AvgIpc) is 2.90. The molecule has 0 saturated carbocycles. The maximum atomic E-state index is 11.9. The monoisotopic (exact) mass is 501 g/mol. The number of aryl methyl sites for hydroxylation is 1. The molecule has 0 heterocycles. The van der Waals surface area contributed by atoms with E-state index >= 15 is 0 Å². The number of ether oxygens (including phenoxy) is 1. The number of hydrogen-bond donors (Lipinski definition) is 1. The summed E-state index contributed by atoms with van der Waals surface area (Å²) in [7, 11) is 1.64. The number of nitrogens with one attached hydrogen (secondary N) is 1. The first-order chi connectivity index (χ1) is 17.8. The van der Waals surface area contributed by atoms with Crippen molar-refractivity contribution in [2.24, 2.45) is 0 Å². The van der Waals surface area contributed by atoms with Crippen LogP contribution in [0.3, 0.4) is 0 Å². The van der Waals surface area contributed by atoms with E-state index in [9.17, 15) is 9.59 Å². The van der Waals surface area contributed by atoms with Crippen molar-refractivity contribution in [1.82, 2.24) is 5.32 Å². The number of unbranched alkanes of at least 4 members (excludes halogenated alkanes) is 3. The second kappa shape index (κ2) is 15.4. The van der Waals surface area contributed by atoms with Gasteiger partial charge < -0.3 is 14.8 Å². The molecule has 37 heavy (non-hydrogen) atoms. The van der Waals surface area contributed by atoms with Crippen molar-refractivity contribution in [3.05, 3.63) is 89.0 Å². The van der Waals surface area contributed by atoms with Crippen LogP contribution in [0.5, 0.6) is 5.75 Å². The third-order valence-corrected chi connectivity index (χ3v) is 6.17. The average molecular weight is 502 g/mol. The lowest BCUT2D eigenvalue weighted by atomic mass is 9.98. The molecule has 196 valence electrons. The van der Waals surface area contributed by atoms with Gasteiger partial charge >= 0.3 is 0 Å². The summed E-state index contributed by atoms with van der Waals surface area (Å²) in [5.41, 5.74) is 5.76. The molecule has 1 atom stereocenters. The van der Waals surface area contributed by atoms with Gasteiger partial charge in [-0.3, -0.25) is 9.59 Å². The van der Waals surface area contributed by atoms with Crippen molar-refractivity contribution < 1.29 is 19.1 Å². The van der Waals surface area contributed by atoms with Crippen LogP contribution in [0.25, 0.3) is 11.1 Å². The van der Waals surface area contributed by atoms with Crippen molar-refractivity contribution in [3.8, 4) is 16.9 Å². The normalized spacial score (nSPS) is 11.1. The zero-order valence-electron chi connectivity index (χ0n) is 22.7. The lowest BCUT2D eigenvalue weighted by molar-refractivity contribution is -0.106. The van der Waals surface area contributed by atoms with E-state index in [0.717, 1.165) is 52.7 Å². The van der Waals surface area contributed by atoms with E-state index in [1.807, 2.05) is 54.6 Å². The predicted molar refractivity (Wildman–Crippen MR) is 150 cm³/mol. The highest BCUT2D eigenvalue weighted by molar-refractivity contribution is 5.94. The van der Waals surface area contributed by atoms with Crippen LogP contribution in [-0.4, -0.2) is 25.0 Å². The Bertz CT molecular complexity index is 1150. The van der Waals surface area contributed by atoms with Crippen LogP contribution in [0.15, 0.2) is 66.7 Å². The van der Waals surface area contributed by atoms with Crippen molar-refractivity contribution in [3.63, 3.8) is 0 Å². The first-order valence-corrected chi connectivity index (χ1v) is 12.9. The SMILES string of the molecule is CC=O.CCCCCCC(Oc1ccc(-c2ccc(C(C)=O)cc2)c(C)c1)c1ccc(C(=O)NC)cc1. The fourth-order valence-electron chi connectivity index (χ4n) is 4.13. The molecular formula is C32H39NO4. The fraction of sp³-hybridized carbons (Fsp3) is 0.344. The highest BCUT2D eigenvalue weighted by Crippen LogP contribution is 2.32. The number of rotatable bonds is 11. The molecule has 1 amide bonds. The van der Waals surface area contributed by atoms with Gasteiger partial charge in [-0.1, -0.05) is 68.7 Å². The van der Waals surface area contributed by atoms with E-state index < -0.39 is 0 Å². The third kappa shape index (κ3) is 9.02. The molecule has 1 N–H and O–H groups in total. The van der Waals surface area contributed by atoms with Crippen LogP contribution < -0.4 is 10.1 Å². The number of Topliss-reactive ketones (excluding diaryl/α,β-unsaturated/α-hetero) is 1. The molecule has 0 aromatic heterocycles. The van der Waals surface area contributed by atoms with E-state index in [2.05, 4.69) is 31.3 Å². The Morgan fingerprint density at radius 2 is 1.54 bits per heavy atom. The molecule has 3 aromatic rings. The van der Waals surface area contributed by atoms with Gasteiger partial charge in [-0.25, -0.2) is 0 Å². The molecule has 0 bridgehead atoms. The molecule has 3 rings (SSSR count). The number of carbonyl (C=O) groups excluding carboxylic acids is 3. The van der Waals surface area contributed by atoms with E-state index in [1.54, 1.807) is 14.0 Å². The summed E-state index contributed by atoms with van der Waals surface area (Å²) in [6.45, 7) is 7.32. The lowest BCUT2D eigenvalue weighted by Gasteiger charge is -2.21. The minimum absolute atomic E-state index is 0.0698. The Morgan fingerprint density at radius 3 is 2.08 bits per heavy atom. The number of benzene rings is 3. The first-order valence-electron chi connectivity index (χ1n) is 12.9. The summed E-state index contributed by atoms with van der Waals surface area (Å²) in [6, 6.07) is 21.6. The Hall–Kier alpha value is -3.73. The molecular weight excluding hydrogens is 462 g/mol. The van der Waals surface area contributed by atoms with Crippen molar-refractivity contribution in [1.29, 1.82) is 0 Å². The second-order valence-electron chi connectivity index (χ2n) is 9.00. The number of aldehydes is 1. The summed E-state index contributed by atoms with van der Waals surface area (Å²) in [4.78, 5) is 32.3. The van der Waals surface area contributed by atoms with E-state index in [0.29, 0.717) is 5.56 Å². The molecule has 0 fully saturated rings. The third-order valence-electron chi connectivity index (χ3n) is 6.17. The first kappa shape index (κ1) is 29.5. The number of hydrogen-bond acceptors (Lipinski definition) is 4. The Balaban J connectivity index is 0.00000153. The maximum absolute atomic E-state index is 11.9. The smallest absolute Gasteiger partial charge is 0.251 e. The summed E-state index contributed by atoms with van der Waals surface area (Å²) in [5, 5.41) is 2.66. The van der Waals surface area contributed by atoms with Gasteiger partial charge in [-0.05, 0) is 80.1 Å². The molecule has 0 spiro atoms.